The highest BCUT2D eigenvalue weighted by Gasteiger charge is 2.19. The Labute approximate surface area is 162 Å². The van der Waals surface area contributed by atoms with Crippen LogP contribution in [0.4, 0.5) is 5.69 Å². The molecule has 2 aromatic rings. The predicted molar refractivity (Wildman–Crippen MR) is 101 cm³/mol. The van der Waals surface area contributed by atoms with Gasteiger partial charge in [0.2, 0.25) is 0 Å². The molecule has 0 fully saturated rings. The second kappa shape index (κ2) is 9.40. The molecule has 0 unspecified atom stereocenters. The molecular weight excluding hydrogens is 366 g/mol. The van der Waals surface area contributed by atoms with Crippen LogP contribution in [0.15, 0.2) is 36.4 Å². The first-order valence-corrected chi connectivity index (χ1v) is 8.38. The van der Waals surface area contributed by atoms with E-state index < -0.39 is 17.8 Å². The molecule has 0 heterocycles. The van der Waals surface area contributed by atoms with E-state index in [9.17, 15) is 14.4 Å². The number of rotatable bonds is 7. The molecule has 0 saturated heterocycles. The first-order valence-electron chi connectivity index (χ1n) is 8.38. The van der Waals surface area contributed by atoms with Gasteiger partial charge >= 0.3 is 11.9 Å². The van der Waals surface area contributed by atoms with Gasteiger partial charge < -0.3 is 24.3 Å². The Balaban J connectivity index is 2.38. The zero-order valence-electron chi connectivity index (χ0n) is 16.0. The molecule has 148 valence electrons. The summed E-state index contributed by atoms with van der Waals surface area (Å²) < 4.78 is 20.1. The Bertz CT molecular complexity index is 892. The summed E-state index contributed by atoms with van der Waals surface area (Å²) in [6.45, 7) is 2.29. The quantitative estimate of drug-likeness (QED) is 0.729. The third kappa shape index (κ3) is 4.59. The number of esters is 2. The van der Waals surface area contributed by atoms with Crippen molar-refractivity contribution in [1.82, 2.24) is 0 Å². The number of methoxy groups -OCH3 is 3. The lowest BCUT2D eigenvalue weighted by Crippen LogP contribution is -2.16. The minimum atomic E-state index is -0.656. The van der Waals surface area contributed by atoms with Crippen molar-refractivity contribution in [3.8, 4) is 11.5 Å². The van der Waals surface area contributed by atoms with Crippen LogP contribution in [-0.4, -0.2) is 45.8 Å². The highest BCUT2D eigenvalue weighted by molar-refractivity contribution is 6.09. The average Bonchev–Trinajstić information content (AvgIpc) is 2.72. The van der Waals surface area contributed by atoms with Gasteiger partial charge in [-0.25, -0.2) is 9.59 Å². The summed E-state index contributed by atoms with van der Waals surface area (Å²) in [5, 5.41) is 2.62. The van der Waals surface area contributed by atoms with E-state index in [4.69, 9.17) is 14.2 Å². The van der Waals surface area contributed by atoms with E-state index in [1.54, 1.807) is 12.1 Å². The molecule has 2 rings (SSSR count). The van der Waals surface area contributed by atoms with E-state index in [0.29, 0.717) is 18.1 Å². The smallest absolute Gasteiger partial charge is 0.339 e. The molecule has 0 radical (unpaired) electrons. The van der Waals surface area contributed by atoms with E-state index >= 15 is 0 Å². The number of anilines is 1. The Hall–Kier alpha value is -3.55. The fraction of sp³-hybridized carbons (Fsp3) is 0.250. The number of carbonyl (C=O) groups excluding carboxylic acids is 3. The SMILES string of the molecule is CCOc1ccc(C(=O)Nc2cc(C(=O)OC)ccc2C(=O)OC)cc1OC. The van der Waals surface area contributed by atoms with Gasteiger partial charge in [0.05, 0.1) is 44.8 Å². The van der Waals surface area contributed by atoms with Gasteiger partial charge in [-0.15, -0.1) is 0 Å². The van der Waals surface area contributed by atoms with Gasteiger partial charge in [-0.3, -0.25) is 4.79 Å². The molecule has 1 N–H and O–H groups in total. The first-order chi connectivity index (χ1) is 13.4. The summed E-state index contributed by atoms with van der Waals surface area (Å²) in [5.41, 5.74) is 0.670. The second-order valence-electron chi connectivity index (χ2n) is 5.50. The van der Waals surface area contributed by atoms with Gasteiger partial charge in [0.25, 0.3) is 5.91 Å². The van der Waals surface area contributed by atoms with Crippen LogP contribution in [0.1, 0.15) is 38.0 Å². The maximum atomic E-state index is 12.7. The van der Waals surface area contributed by atoms with Gasteiger partial charge in [-0.05, 0) is 43.3 Å². The number of hydrogen-bond donors (Lipinski definition) is 1. The zero-order chi connectivity index (χ0) is 20.7. The Morgan fingerprint density at radius 1 is 0.857 bits per heavy atom. The standard InChI is InChI=1S/C20H21NO7/c1-5-28-16-9-7-12(11-17(16)25-2)18(22)21-15-10-13(19(23)26-3)6-8-14(15)20(24)27-4/h6-11H,5H2,1-4H3,(H,21,22). The molecule has 28 heavy (non-hydrogen) atoms. The van der Waals surface area contributed by atoms with Gasteiger partial charge in [0.1, 0.15) is 0 Å². The Morgan fingerprint density at radius 2 is 1.54 bits per heavy atom. The van der Waals surface area contributed by atoms with Crippen LogP contribution in [0.5, 0.6) is 11.5 Å². The number of carbonyl (C=O) groups is 3. The molecule has 8 nitrogen and oxygen atoms in total. The molecule has 1 amide bonds. The van der Waals surface area contributed by atoms with E-state index in [1.807, 2.05) is 6.92 Å². The minimum Gasteiger partial charge on any atom is -0.493 e. The minimum absolute atomic E-state index is 0.0985. The van der Waals surface area contributed by atoms with Crippen molar-refractivity contribution in [3.05, 3.63) is 53.1 Å². The van der Waals surface area contributed by atoms with Crippen molar-refractivity contribution in [3.63, 3.8) is 0 Å². The van der Waals surface area contributed by atoms with Crippen LogP contribution >= 0.6 is 0 Å². The fourth-order valence-electron chi connectivity index (χ4n) is 2.46. The van der Waals surface area contributed by atoms with E-state index in [2.05, 4.69) is 10.1 Å². The van der Waals surface area contributed by atoms with Crippen molar-refractivity contribution in [2.45, 2.75) is 6.92 Å². The lowest BCUT2D eigenvalue weighted by atomic mass is 10.1. The molecule has 8 heteroatoms. The lowest BCUT2D eigenvalue weighted by Gasteiger charge is -2.13. The summed E-state index contributed by atoms with van der Waals surface area (Å²) in [7, 11) is 3.93. The third-order valence-corrected chi connectivity index (χ3v) is 3.82. The average molecular weight is 387 g/mol. The Kier molecular flexibility index (Phi) is 6.97. The summed E-state index contributed by atoms with van der Waals surface area (Å²) >= 11 is 0. The van der Waals surface area contributed by atoms with Crippen LogP contribution in [-0.2, 0) is 9.47 Å². The fourth-order valence-corrected chi connectivity index (χ4v) is 2.46. The first kappa shape index (κ1) is 20.8. The monoisotopic (exact) mass is 387 g/mol. The molecule has 0 atom stereocenters. The zero-order valence-corrected chi connectivity index (χ0v) is 16.0. The molecular formula is C20H21NO7. The molecule has 0 aliphatic carbocycles. The number of hydrogen-bond acceptors (Lipinski definition) is 7. The highest BCUT2D eigenvalue weighted by atomic mass is 16.5. The highest BCUT2D eigenvalue weighted by Crippen LogP contribution is 2.29. The summed E-state index contributed by atoms with van der Waals surface area (Å²) in [6.07, 6.45) is 0. The predicted octanol–water partition coefficient (Wildman–Crippen LogP) is 2.92. The van der Waals surface area contributed by atoms with Crippen molar-refractivity contribution < 1.29 is 33.3 Å². The number of ether oxygens (including phenoxy) is 4. The Morgan fingerprint density at radius 3 is 2.14 bits per heavy atom. The summed E-state index contributed by atoms with van der Waals surface area (Å²) in [5.74, 6) is -0.866. The van der Waals surface area contributed by atoms with E-state index in [-0.39, 0.29) is 22.4 Å². The summed E-state index contributed by atoms with van der Waals surface area (Å²) in [4.78, 5) is 36.5. The maximum Gasteiger partial charge on any atom is 0.339 e. The van der Waals surface area contributed by atoms with Crippen LogP contribution < -0.4 is 14.8 Å². The number of nitrogens with one attached hydrogen (secondary N) is 1. The molecule has 0 aliphatic rings. The molecule has 0 saturated carbocycles. The van der Waals surface area contributed by atoms with Gasteiger partial charge in [0, 0.05) is 5.56 Å². The second-order valence-corrected chi connectivity index (χ2v) is 5.50. The normalized spacial score (nSPS) is 10.0. The molecule has 0 spiro atoms. The van der Waals surface area contributed by atoms with Gasteiger partial charge in [0.15, 0.2) is 11.5 Å². The largest absolute Gasteiger partial charge is 0.493 e. The molecule has 0 aliphatic heterocycles. The van der Waals surface area contributed by atoms with Crippen LogP contribution in [0.2, 0.25) is 0 Å². The van der Waals surface area contributed by atoms with Crippen molar-refractivity contribution >= 4 is 23.5 Å². The third-order valence-electron chi connectivity index (χ3n) is 3.82. The number of amides is 1. The van der Waals surface area contributed by atoms with E-state index in [1.165, 1.54) is 45.6 Å². The van der Waals surface area contributed by atoms with Crippen molar-refractivity contribution in [2.75, 3.05) is 33.3 Å². The van der Waals surface area contributed by atoms with Gasteiger partial charge in [-0.1, -0.05) is 0 Å². The number of benzene rings is 2. The topological polar surface area (TPSA) is 100 Å². The van der Waals surface area contributed by atoms with Gasteiger partial charge in [-0.2, -0.15) is 0 Å². The van der Waals surface area contributed by atoms with E-state index in [0.717, 1.165) is 0 Å². The molecule has 0 bridgehead atoms. The molecule has 0 aromatic heterocycles. The lowest BCUT2D eigenvalue weighted by molar-refractivity contribution is 0.0587. The maximum absolute atomic E-state index is 12.7. The van der Waals surface area contributed by atoms with Crippen molar-refractivity contribution in [2.24, 2.45) is 0 Å². The van der Waals surface area contributed by atoms with Crippen LogP contribution in [0.25, 0.3) is 0 Å². The molecule has 2 aromatic carbocycles. The van der Waals surface area contributed by atoms with Crippen molar-refractivity contribution in [1.29, 1.82) is 0 Å². The van der Waals surface area contributed by atoms with Crippen LogP contribution in [0.3, 0.4) is 0 Å². The summed E-state index contributed by atoms with van der Waals surface area (Å²) in [6, 6.07) is 8.83. The van der Waals surface area contributed by atoms with Crippen LogP contribution in [0, 0.1) is 0 Å².